The monoisotopic (exact) mass is 234 g/mol. The number of ether oxygens (including phenoxy) is 1. The van der Waals surface area contributed by atoms with Crippen molar-refractivity contribution in [3.05, 3.63) is 35.4 Å². The van der Waals surface area contributed by atoms with E-state index in [-0.39, 0.29) is 0 Å². The average Bonchev–Trinajstić information content (AvgIpc) is 2.27. The van der Waals surface area contributed by atoms with E-state index < -0.39 is 6.10 Å². The van der Waals surface area contributed by atoms with Gasteiger partial charge in [0.1, 0.15) is 6.10 Å². The Balaban J connectivity index is 1.65. The molecule has 0 aliphatic heterocycles. The summed E-state index contributed by atoms with van der Waals surface area (Å²) in [6.07, 6.45) is 4.78. The lowest BCUT2D eigenvalue weighted by molar-refractivity contribution is 0.0266. The fourth-order valence-corrected chi connectivity index (χ4v) is 2.11. The largest absolute Gasteiger partial charge is 0.386 e. The predicted molar refractivity (Wildman–Crippen MR) is 68.9 cm³/mol. The van der Waals surface area contributed by atoms with Crippen molar-refractivity contribution in [2.75, 3.05) is 13.2 Å². The molecule has 2 nitrogen and oxygen atoms in total. The van der Waals surface area contributed by atoms with Gasteiger partial charge in [0.25, 0.3) is 0 Å². The van der Waals surface area contributed by atoms with E-state index in [1.807, 2.05) is 31.2 Å². The van der Waals surface area contributed by atoms with Crippen LogP contribution in [-0.2, 0) is 4.74 Å². The smallest absolute Gasteiger partial charge is 0.102 e. The Hall–Kier alpha value is -0.860. The molecule has 1 aromatic carbocycles. The maximum absolute atomic E-state index is 9.92. The second-order valence-electron chi connectivity index (χ2n) is 5.09. The van der Waals surface area contributed by atoms with Gasteiger partial charge in [0.15, 0.2) is 0 Å². The number of aliphatic hydroxyl groups excluding tert-OH is 1. The number of aryl methyl sites for hydroxylation is 1. The van der Waals surface area contributed by atoms with E-state index in [1.54, 1.807) is 0 Å². The SMILES string of the molecule is Cc1ccc(C(O)COCCC2CCC2)cc1. The molecule has 0 radical (unpaired) electrons. The quantitative estimate of drug-likeness (QED) is 0.766. The average molecular weight is 234 g/mol. The molecule has 1 unspecified atom stereocenters. The van der Waals surface area contributed by atoms with E-state index >= 15 is 0 Å². The summed E-state index contributed by atoms with van der Waals surface area (Å²) < 4.78 is 5.54. The Morgan fingerprint density at radius 1 is 1.29 bits per heavy atom. The molecule has 0 spiro atoms. The highest BCUT2D eigenvalue weighted by Crippen LogP contribution is 2.29. The van der Waals surface area contributed by atoms with Crippen molar-refractivity contribution >= 4 is 0 Å². The van der Waals surface area contributed by atoms with E-state index in [0.29, 0.717) is 6.61 Å². The summed E-state index contributed by atoms with van der Waals surface area (Å²) in [6, 6.07) is 7.98. The Kier molecular flexibility index (Phi) is 4.57. The van der Waals surface area contributed by atoms with Gasteiger partial charge in [-0.2, -0.15) is 0 Å². The highest BCUT2D eigenvalue weighted by atomic mass is 16.5. The van der Waals surface area contributed by atoms with Crippen molar-refractivity contribution < 1.29 is 9.84 Å². The van der Waals surface area contributed by atoms with Crippen LogP contribution < -0.4 is 0 Å². The second kappa shape index (κ2) is 6.18. The van der Waals surface area contributed by atoms with Crippen LogP contribution in [0.5, 0.6) is 0 Å². The van der Waals surface area contributed by atoms with Crippen molar-refractivity contribution in [2.24, 2.45) is 5.92 Å². The van der Waals surface area contributed by atoms with Crippen LogP contribution in [0.3, 0.4) is 0 Å². The molecule has 1 atom stereocenters. The summed E-state index contributed by atoms with van der Waals surface area (Å²) in [5.74, 6) is 0.881. The number of aliphatic hydroxyl groups is 1. The van der Waals surface area contributed by atoms with Gasteiger partial charge in [-0.05, 0) is 24.8 Å². The topological polar surface area (TPSA) is 29.5 Å². The molecular weight excluding hydrogens is 212 g/mol. The molecule has 0 heterocycles. The van der Waals surface area contributed by atoms with Crippen LogP contribution in [0, 0.1) is 12.8 Å². The normalized spacial score (nSPS) is 17.8. The van der Waals surface area contributed by atoms with E-state index in [4.69, 9.17) is 4.74 Å². The molecule has 1 aliphatic rings. The van der Waals surface area contributed by atoms with E-state index in [1.165, 1.54) is 24.8 Å². The molecular formula is C15H22O2. The lowest BCUT2D eigenvalue weighted by Gasteiger charge is -2.25. The van der Waals surface area contributed by atoms with Crippen molar-refractivity contribution in [1.29, 1.82) is 0 Å². The fourth-order valence-electron chi connectivity index (χ4n) is 2.11. The minimum absolute atomic E-state index is 0.412. The van der Waals surface area contributed by atoms with Crippen LogP contribution in [0.2, 0.25) is 0 Å². The van der Waals surface area contributed by atoms with Crippen LogP contribution in [0.15, 0.2) is 24.3 Å². The summed E-state index contributed by atoms with van der Waals surface area (Å²) in [4.78, 5) is 0. The van der Waals surface area contributed by atoms with Gasteiger partial charge in [-0.25, -0.2) is 0 Å². The molecule has 17 heavy (non-hydrogen) atoms. The maximum Gasteiger partial charge on any atom is 0.102 e. The van der Waals surface area contributed by atoms with Crippen molar-refractivity contribution in [1.82, 2.24) is 0 Å². The van der Waals surface area contributed by atoms with Crippen LogP contribution >= 0.6 is 0 Å². The summed E-state index contributed by atoms with van der Waals surface area (Å²) in [6.45, 7) is 3.24. The summed E-state index contributed by atoms with van der Waals surface area (Å²) in [7, 11) is 0. The van der Waals surface area contributed by atoms with Gasteiger partial charge in [-0.1, -0.05) is 49.1 Å². The molecule has 2 rings (SSSR count). The van der Waals surface area contributed by atoms with Gasteiger partial charge in [0, 0.05) is 6.61 Å². The lowest BCUT2D eigenvalue weighted by atomic mass is 9.83. The highest BCUT2D eigenvalue weighted by Gasteiger charge is 2.16. The zero-order valence-electron chi connectivity index (χ0n) is 10.6. The molecule has 0 aromatic heterocycles. The lowest BCUT2D eigenvalue weighted by Crippen LogP contribution is -2.15. The third kappa shape index (κ3) is 3.83. The second-order valence-corrected chi connectivity index (χ2v) is 5.09. The molecule has 1 N–H and O–H groups in total. The molecule has 1 fully saturated rings. The molecule has 94 valence electrons. The van der Waals surface area contributed by atoms with Gasteiger partial charge in [0.2, 0.25) is 0 Å². The molecule has 1 aliphatic carbocycles. The Bertz CT molecular complexity index is 327. The standard InChI is InChI=1S/C15H22O2/c1-12-5-7-14(8-6-12)15(16)11-17-10-9-13-3-2-4-13/h5-8,13,15-16H,2-4,9-11H2,1H3. The number of rotatable bonds is 6. The van der Waals surface area contributed by atoms with Crippen LogP contribution in [-0.4, -0.2) is 18.3 Å². The minimum Gasteiger partial charge on any atom is -0.386 e. The van der Waals surface area contributed by atoms with Crippen LogP contribution in [0.1, 0.15) is 42.9 Å². The van der Waals surface area contributed by atoms with Gasteiger partial charge in [0.05, 0.1) is 6.61 Å². The zero-order chi connectivity index (χ0) is 12.1. The molecule has 2 heteroatoms. The van der Waals surface area contributed by atoms with Gasteiger partial charge in [-0.15, -0.1) is 0 Å². The first-order chi connectivity index (χ1) is 8.25. The molecule has 0 bridgehead atoms. The number of hydrogen-bond acceptors (Lipinski definition) is 2. The number of hydrogen-bond donors (Lipinski definition) is 1. The summed E-state index contributed by atoms with van der Waals surface area (Å²) >= 11 is 0. The predicted octanol–water partition coefficient (Wildman–Crippen LogP) is 3.24. The van der Waals surface area contributed by atoms with Crippen molar-refractivity contribution in [2.45, 2.75) is 38.7 Å². The first kappa shape index (κ1) is 12.6. The first-order valence-corrected chi connectivity index (χ1v) is 6.58. The Morgan fingerprint density at radius 2 is 2.00 bits per heavy atom. The van der Waals surface area contributed by atoms with Crippen LogP contribution in [0.4, 0.5) is 0 Å². The maximum atomic E-state index is 9.92. The Labute approximate surface area is 104 Å². The summed E-state index contributed by atoms with van der Waals surface area (Å²) in [5, 5.41) is 9.92. The van der Waals surface area contributed by atoms with Crippen LogP contribution in [0.25, 0.3) is 0 Å². The van der Waals surface area contributed by atoms with E-state index in [2.05, 4.69) is 0 Å². The molecule has 1 aromatic rings. The van der Waals surface area contributed by atoms with E-state index in [0.717, 1.165) is 24.5 Å². The van der Waals surface area contributed by atoms with Gasteiger partial charge in [-0.3, -0.25) is 0 Å². The molecule has 1 saturated carbocycles. The van der Waals surface area contributed by atoms with Gasteiger partial charge >= 0.3 is 0 Å². The fraction of sp³-hybridized carbons (Fsp3) is 0.600. The number of benzene rings is 1. The first-order valence-electron chi connectivity index (χ1n) is 6.58. The van der Waals surface area contributed by atoms with Crippen molar-refractivity contribution in [3.8, 4) is 0 Å². The highest BCUT2D eigenvalue weighted by molar-refractivity contribution is 5.23. The third-order valence-electron chi connectivity index (χ3n) is 3.63. The Morgan fingerprint density at radius 3 is 2.59 bits per heavy atom. The van der Waals surface area contributed by atoms with E-state index in [9.17, 15) is 5.11 Å². The zero-order valence-corrected chi connectivity index (χ0v) is 10.6. The third-order valence-corrected chi connectivity index (χ3v) is 3.63. The summed E-state index contributed by atoms with van der Waals surface area (Å²) in [5.41, 5.74) is 2.16. The van der Waals surface area contributed by atoms with Gasteiger partial charge < -0.3 is 9.84 Å². The molecule has 0 amide bonds. The minimum atomic E-state index is -0.489. The molecule has 0 saturated heterocycles. The van der Waals surface area contributed by atoms with Crippen molar-refractivity contribution in [3.63, 3.8) is 0 Å².